The van der Waals surface area contributed by atoms with Crippen molar-refractivity contribution < 1.29 is 0 Å². The Balaban J connectivity index is 3.16. The van der Waals surface area contributed by atoms with Crippen LogP contribution >= 0.6 is 11.8 Å². The summed E-state index contributed by atoms with van der Waals surface area (Å²) >= 11 is 1.34. The van der Waals surface area contributed by atoms with Gasteiger partial charge in [-0.3, -0.25) is 0 Å². The fraction of sp³-hybridized carbons (Fsp3) is 0.250. The summed E-state index contributed by atoms with van der Waals surface area (Å²) in [5.41, 5.74) is 1.76. The maximum absolute atomic E-state index is 10.6. The molecule has 1 heterocycles. The molecule has 0 saturated carbocycles. The van der Waals surface area contributed by atoms with E-state index in [0.29, 0.717) is 10.8 Å². The number of rotatable bonds is 2. The molecule has 0 saturated heterocycles. The van der Waals surface area contributed by atoms with E-state index in [0.717, 1.165) is 0 Å². The minimum Gasteiger partial charge on any atom is -0.306 e. The predicted molar refractivity (Wildman–Crippen MR) is 42.2 cm³/mol. The summed E-state index contributed by atoms with van der Waals surface area (Å²) in [5.74, 6) is 5.37. The molecule has 0 bridgehead atoms. The number of hydrazine groups is 1. The first kappa shape index (κ1) is 8.02. The van der Waals surface area contributed by atoms with Crippen molar-refractivity contribution in [2.75, 3.05) is 11.7 Å². The summed E-state index contributed by atoms with van der Waals surface area (Å²) in [5, 5.41) is 6.44. The molecule has 0 radical (unpaired) electrons. The third kappa shape index (κ3) is 1.69. The molecule has 0 amide bonds. The van der Waals surface area contributed by atoms with Gasteiger partial charge in [-0.25, -0.2) is 15.7 Å². The Hall–Kier alpha value is -1.08. The molecule has 1 aromatic heterocycles. The number of nitrogens with one attached hydrogen (secondary N) is 2. The second-order valence-corrected chi connectivity index (χ2v) is 2.44. The van der Waals surface area contributed by atoms with Crippen LogP contribution in [0.2, 0.25) is 0 Å². The smallest absolute Gasteiger partial charge is 0.306 e. The molecular weight excluding hydrogens is 166 g/mol. The summed E-state index contributed by atoms with van der Waals surface area (Å²) < 4.78 is 0. The van der Waals surface area contributed by atoms with E-state index < -0.39 is 5.69 Å². The highest BCUT2D eigenvalue weighted by Gasteiger charge is 2.02. The second-order valence-electron chi connectivity index (χ2n) is 1.64. The molecule has 0 unspecified atom stereocenters. The molecule has 11 heavy (non-hydrogen) atoms. The van der Waals surface area contributed by atoms with Crippen molar-refractivity contribution in [3.63, 3.8) is 0 Å². The molecule has 1 rings (SSSR count). The average molecular weight is 173 g/mol. The van der Waals surface area contributed by atoms with Crippen LogP contribution in [0, 0.1) is 0 Å². The van der Waals surface area contributed by atoms with E-state index in [-0.39, 0.29) is 0 Å². The van der Waals surface area contributed by atoms with E-state index in [4.69, 9.17) is 5.84 Å². The largest absolute Gasteiger partial charge is 0.363 e. The topological polar surface area (TPSA) is 96.7 Å². The zero-order chi connectivity index (χ0) is 8.27. The molecular formula is C4H7N5OS. The van der Waals surface area contributed by atoms with Gasteiger partial charge in [-0.05, 0) is 6.26 Å². The summed E-state index contributed by atoms with van der Waals surface area (Å²) in [6.45, 7) is 0. The van der Waals surface area contributed by atoms with Gasteiger partial charge in [-0.2, -0.15) is 10.1 Å². The predicted octanol–water partition coefficient (Wildman–Crippen LogP) is -0.828. The number of anilines is 1. The van der Waals surface area contributed by atoms with Crippen molar-refractivity contribution in [3.05, 3.63) is 10.5 Å². The van der Waals surface area contributed by atoms with Gasteiger partial charge in [0.2, 0.25) is 0 Å². The first-order valence-electron chi connectivity index (χ1n) is 2.75. The summed E-state index contributed by atoms with van der Waals surface area (Å²) in [7, 11) is 0. The minimum absolute atomic E-state index is 0.293. The SMILES string of the molecule is CSc1n[nH]c(=O)nc1NN. The highest BCUT2D eigenvalue weighted by atomic mass is 32.2. The first-order chi connectivity index (χ1) is 5.27. The fourth-order valence-corrected chi connectivity index (χ4v) is 0.997. The van der Waals surface area contributed by atoms with Crippen molar-refractivity contribution >= 4 is 17.6 Å². The van der Waals surface area contributed by atoms with Gasteiger partial charge < -0.3 is 5.43 Å². The van der Waals surface area contributed by atoms with Crippen molar-refractivity contribution in [1.82, 2.24) is 15.2 Å². The molecule has 0 aromatic carbocycles. The quantitative estimate of drug-likeness (QED) is 0.307. The lowest BCUT2D eigenvalue weighted by atomic mass is 10.7. The Morgan fingerprint density at radius 2 is 2.45 bits per heavy atom. The molecule has 0 aliphatic heterocycles. The van der Waals surface area contributed by atoms with E-state index in [2.05, 4.69) is 20.6 Å². The Bertz CT molecular complexity index is 297. The monoisotopic (exact) mass is 173 g/mol. The molecule has 0 spiro atoms. The van der Waals surface area contributed by atoms with Crippen molar-refractivity contribution in [2.45, 2.75) is 5.03 Å². The third-order valence-electron chi connectivity index (χ3n) is 0.999. The number of nitrogen functional groups attached to an aromatic ring is 1. The Labute approximate surface area is 66.6 Å². The van der Waals surface area contributed by atoms with E-state index in [1.54, 1.807) is 0 Å². The van der Waals surface area contributed by atoms with E-state index >= 15 is 0 Å². The highest BCUT2D eigenvalue weighted by Crippen LogP contribution is 2.15. The molecule has 0 aliphatic carbocycles. The Morgan fingerprint density at radius 3 is 3.00 bits per heavy atom. The second kappa shape index (κ2) is 3.35. The van der Waals surface area contributed by atoms with Gasteiger partial charge in [0.15, 0.2) is 10.8 Å². The number of aromatic nitrogens is 3. The van der Waals surface area contributed by atoms with Crippen molar-refractivity contribution in [3.8, 4) is 0 Å². The molecule has 6 nitrogen and oxygen atoms in total. The Morgan fingerprint density at radius 1 is 1.73 bits per heavy atom. The van der Waals surface area contributed by atoms with Crippen LogP contribution in [0.5, 0.6) is 0 Å². The van der Waals surface area contributed by atoms with E-state index in [1.165, 1.54) is 11.8 Å². The number of aromatic amines is 1. The van der Waals surface area contributed by atoms with Crippen LogP contribution in [0.15, 0.2) is 9.82 Å². The lowest BCUT2D eigenvalue weighted by Gasteiger charge is -2.00. The summed E-state index contributed by atoms with van der Waals surface area (Å²) in [4.78, 5) is 14.1. The molecule has 0 aliphatic rings. The van der Waals surface area contributed by atoms with Gasteiger partial charge >= 0.3 is 5.69 Å². The number of nitrogens with two attached hydrogens (primary N) is 1. The number of hydrogen-bond acceptors (Lipinski definition) is 6. The average Bonchev–Trinajstić information content (AvgIpc) is 2.04. The van der Waals surface area contributed by atoms with E-state index in [1.807, 2.05) is 6.26 Å². The van der Waals surface area contributed by atoms with Gasteiger partial charge in [0.1, 0.15) is 0 Å². The first-order valence-corrected chi connectivity index (χ1v) is 3.97. The lowest BCUT2D eigenvalue weighted by Crippen LogP contribution is -2.19. The zero-order valence-electron chi connectivity index (χ0n) is 5.79. The van der Waals surface area contributed by atoms with Crippen LogP contribution in [-0.2, 0) is 0 Å². The van der Waals surface area contributed by atoms with Crippen LogP contribution in [0.25, 0.3) is 0 Å². The lowest BCUT2D eigenvalue weighted by molar-refractivity contribution is 0.838. The minimum atomic E-state index is -0.518. The molecule has 0 atom stereocenters. The van der Waals surface area contributed by atoms with Gasteiger partial charge in [-0.15, -0.1) is 11.8 Å². The molecule has 1 aromatic rings. The van der Waals surface area contributed by atoms with Gasteiger partial charge in [0.05, 0.1) is 0 Å². The van der Waals surface area contributed by atoms with Crippen LogP contribution in [0.1, 0.15) is 0 Å². The van der Waals surface area contributed by atoms with Crippen LogP contribution < -0.4 is 17.0 Å². The normalized spacial score (nSPS) is 9.64. The number of hydrogen-bond donors (Lipinski definition) is 3. The van der Waals surface area contributed by atoms with Crippen molar-refractivity contribution in [2.24, 2.45) is 5.84 Å². The fourth-order valence-electron chi connectivity index (χ4n) is 0.562. The number of nitrogens with zero attached hydrogens (tertiary/aromatic N) is 2. The maximum Gasteiger partial charge on any atom is 0.363 e. The van der Waals surface area contributed by atoms with Gasteiger partial charge in [-0.1, -0.05) is 0 Å². The summed E-state index contributed by atoms with van der Waals surface area (Å²) in [6, 6.07) is 0. The summed E-state index contributed by atoms with van der Waals surface area (Å²) in [6.07, 6.45) is 1.81. The highest BCUT2D eigenvalue weighted by molar-refractivity contribution is 7.98. The molecule has 4 N–H and O–H groups in total. The Kier molecular flexibility index (Phi) is 2.44. The zero-order valence-corrected chi connectivity index (χ0v) is 6.60. The molecule has 7 heteroatoms. The van der Waals surface area contributed by atoms with Crippen molar-refractivity contribution in [1.29, 1.82) is 0 Å². The standard InChI is InChI=1S/C4H7N5OS/c1-11-3-2(7-5)6-4(10)9-8-3/h5H2,1H3,(H2,6,7,9,10). The number of thioether (sulfide) groups is 1. The number of H-pyrrole nitrogens is 1. The van der Waals surface area contributed by atoms with E-state index in [9.17, 15) is 4.79 Å². The van der Waals surface area contributed by atoms with Crippen LogP contribution in [0.3, 0.4) is 0 Å². The van der Waals surface area contributed by atoms with Crippen LogP contribution in [0.4, 0.5) is 5.82 Å². The maximum atomic E-state index is 10.6. The van der Waals surface area contributed by atoms with Gasteiger partial charge in [0.25, 0.3) is 0 Å². The molecule has 60 valence electrons. The van der Waals surface area contributed by atoms with Gasteiger partial charge in [0, 0.05) is 0 Å². The third-order valence-corrected chi connectivity index (χ3v) is 1.67. The van der Waals surface area contributed by atoms with Crippen LogP contribution in [-0.4, -0.2) is 21.4 Å². The molecule has 0 fully saturated rings.